The van der Waals surface area contributed by atoms with Crippen LogP contribution in [0.25, 0.3) is 22.3 Å². The number of benzene rings is 10. The summed E-state index contributed by atoms with van der Waals surface area (Å²) in [6, 6.07) is -3.43. The van der Waals surface area contributed by atoms with Crippen LogP contribution in [0, 0.1) is 183 Å². The lowest BCUT2D eigenvalue weighted by Crippen LogP contribution is -2.54. The zero-order valence-corrected chi connectivity index (χ0v) is 58.6. The Hall–Kier alpha value is -11.8. The van der Waals surface area contributed by atoms with Crippen molar-refractivity contribution in [3.63, 3.8) is 0 Å². The molecule has 0 saturated heterocycles. The van der Waals surface area contributed by atoms with Gasteiger partial charge in [-0.25, -0.2) is 91.5 Å². The maximum absolute atomic E-state index is 17.1. The summed E-state index contributed by atoms with van der Waals surface area (Å²) in [6.45, 7) is -2.10. The molecule has 10 aromatic carbocycles. The van der Waals surface area contributed by atoms with Crippen molar-refractivity contribution in [1.29, 1.82) is 0 Å². The van der Waals surface area contributed by atoms with Gasteiger partial charge in [-0.15, -0.1) is 0 Å². The van der Waals surface area contributed by atoms with Gasteiger partial charge in [0, 0.05) is 25.3 Å². The van der Waals surface area contributed by atoms with Gasteiger partial charge < -0.3 is 43.0 Å². The molecule has 50 heteroatoms. The zero-order valence-electron chi connectivity index (χ0n) is 56.9. The molecule has 13 nitrogen and oxygen atoms in total. The third-order valence-corrected chi connectivity index (χ3v) is 20.3. The van der Waals surface area contributed by atoms with Crippen LogP contribution in [-0.4, -0.2) is 62.1 Å². The molecule has 0 radical (unpaired) electrons. The lowest BCUT2D eigenvalue weighted by atomic mass is 9.73. The van der Waals surface area contributed by atoms with Gasteiger partial charge in [-0.1, -0.05) is 24.3 Å². The molecule has 0 aliphatic rings. The van der Waals surface area contributed by atoms with Crippen LogP contribution in [0.2, 0.25) is 0 Å². The van der Waals surface area contributed by atoms with E-state index in [1.165, 1.54) is 0 Å². The minimum atomic E-state index is -7.30. The van der Waals surface area contributed by atoms with Crippen molar-refractivity contribution in [3.05, 3.63) is 239 Å². The second-order valence-electron chi connectivity index (χ2n) is 23.5. The summed E-state index contributed by atoms with van der Waals surface area (Å²) >= 11 is 0. The first-order valence-electron chi connectivity index (χ1n) is 30.5. The molecule has 119 heavy (non-hydrogen) atoms. The summed E-state index contributed by atoms with van der Waals surface area (Å²) < 4.78 is 639. The van der Waals surface area contributed by atoms with Gasteiger partial charge in [0.25, 0.3) is 0 Å². The van der Waals surface area contributed by atoms with Gasteiger partial charge in [0.2, 0.25) is 118 Å². The van der Waals surface area contributed by atoms with Crippen LogP contribution in [0.3, 0.4) is 0 Å². The fourth-order valence-electron chi connectivity index (χ4n) is 11.1. The monoisotopic (exact) mass is 1790 g/mol. The van der Waals surface area contributed by atoms with Crippen molar-refractivity contribution in [2.24, 2.45) is 0 Å². The maximum atomic E-state index is 17.1. The molecule has 636 valence electrons. The lowest BCUT2D eigenvalue weighted by Gasteiger charge is -2.38. The Kier molecular flexibility index (Phi) is 23.9. The SMILES string of the molecule is COCOc1c(F)c(F)c(-c2c(F)c(F)c(Oc3c(F)c(O)c(S(=O)(=O)c4c(F)c(F)c(C)c(F)c4F)c(Oc4ccc(C(c5ccc(Oc6c(F)c(Oc7c(F)c(F)c(-c8c(F)c(F)c(OCOC)c(F)c8F)c(F)c7F)c(F)c(F)c6S(=O)(=O)c6c(F)c(F)c(C)c(F)c6F)cc5)(C(F)(F)F)C(F)(F)F)cc4)c3F)c(F)c2F)c(F)c1F. The van der Waals surface area contributed by atoms with E-state index in [0.717, 1.165) is 14.2 Å². The Morgan fingerprint density at radius 1 is 0.269 bits per heavy atom. The normalized spacial score (nSPS) is 12.3. The molecule has 0 aliphatic carbocycles. The van der Waals surface area contributed by atoms with Crippen molar-refractivity contribution in [1.82, 2.24) is 0 Å². The number of hydrogen-bond donors (Lipinski definition) is 1. The Morgan fingerprint density at radius 3 is 0.765 bits per heavy atom. The van der Waals surface area contributed by atoms with Crippen LogP contribution < -0.4 is 28.4 Å². The minimum Gasteiger partial charge on any atom is -0.504 e. The van der Waals surface area contributed by atoms with Crippen molar-refractivity contribution in [2.75, 3.05) is 27.8 Å². The molecule has 0 atom stereocenters. The van der Waals surface area contributed by atoms with Crippen LogP contribution in [0.1, 0.15) is 22.3 Å². The summed E-state index contributed by atoms with van der Waals surface area (Å²) in [6.07, 6.45) is -14.0. The lowest BCUT2D eigenvalue weighted by molar-refractivity contribution is -0.288. The number of hydrogen-bond acceptors (Lipinski definition) is 13. The van der Waals surface area contributed by atoms with Gasteiger partial charge in [0.1, 0.15) is 21.3 Å². The molecule has 0 bridgehead atoms. The van der Waals surface area contributed by atoms with E-state index in [1.54, 1.807) is 0 Å². The van der Waals surface area contributed by atoms with Gasteiger partial charge in [-0.2, -0.15) is 79.0 Å². The van der Waals surface area contributed by atoms with E-state index in [-0.39, 0.29) is 38.1 Å². The Morgan fingerprint density at radius 2 is 0.496 bits per heavy atom. The minimum absolute atomic E-state index is 0.177. The molecule has 0 saturated carbocycles. The number of sulfone groups is 2. The first-order chi connectivity index (χ1) is 55.1. The van der Waals surface area contributed by atoms with E-state index in [0.29, 0.717) is 0 Å². The number of aromatic hydroxyl groups is 1. The first-order valence-corrected chi connectivity index (χ1v) is 33.4. The molecule has 0 unspecified atom stereocenters. The van der Waals surface area contributed by atoms with Crippen LogP contribution in [0.15, 0.2) is 68.1 Å². The average molecular weight is 1790 g/mol. The summed E-state index contributed by atoms with van der Waals surface area (Å²) in [5.41, 5.74) is -25.1. The third kappa shape index (κ3) is 14.1. The standard InChI is InChI=1S/C69H25F35O13S2/c1-15-25(70)46(91)63(47(92)26(15)71)118(106,107)65-50(95)45(90)59(116-57-41(86)33(78)23(34(79)42(57)87)21-29(74)37(82)55(112-13-110-3)38(83)30(21)75)52(97)61(65)114-19-9-5-17(6-10-19)67(68(99,100)101,69(102,103)104)18-7-11-20(12-8-18)115-62-53(98)60(51(96)54(105)66(62)119(108,109)64-48(93)27(72)16(2)28(73)49(64)94)117-58-43(88)35(80)24(36(81)44(58)89)22-31(76)39(84)56(113-14-111-4)40(85)32(22)77/h5-12,105H,13-14H2,1-4H3. The largest absolute Gasteiger partial charge is 0.504 e. The molecule has 0 aromatic heterocycles. The number of phenols is 1. The quantitative estimate of drug-likeness (QED) is 0.0388. The Bertz CT molecular complexity index is 5640. The molecule has 0 amide bonds. The van der Waals surface area contributed by atoms with E-state index in [4.69, 9.17) is 9.47 Å². The van der Waals surface area contributed by atoms with Gasteiger partial charge in [0.05, 0.1) is 22.3 Å². The summed E-state index contributed by atoms with van der Waals surface area (Å²) in [4.78, 5) is -12.4. The molecule has 10 rings (SSSR count). The maximum Gasteiger partial charge on any atom is 0.411 e. The molecular weight excluding hydrogens is 1770 g/mol. The van der Waals surface area contributed by atoms with Crippen LogP contribution in [-0.2, 0) is 34.6 Å². The smallest absolute Gasteiger partial charge is 0.411 e. The van der Waals surface area contributed by atoms with Crippen LogP contribution in [0.5, 0.6) is 63.2 Å². The second kappa shape index (κ2) is 31.8. The zero-order chi connectivity index (χ0) is 89.3. The third-order valence-electron chi connectivity index (χ3n) is 16.7. The van der Waals surface area contributed by atoms with E-state index >= 15 is 119 Å². The molecule has 10 aromatic rings. The highest BCUT2D eigenvalue weighted by atomic mass is 32.2. The van der Waals surface area contributed by atoms with Crippen molar-refractivity contribution in [3.8, 4) is 85.5 Å². The van der Waals surface area contributed by atoms with Gasteiger partial charge in [0.15, 0.2) is 151 Å². The van der Waals surface area contributed by atoms with Crippen molar-refractivity contribution in [2.45, 2.75) is 51.2 Å². The number of rotatable bonds is 22. The predicted molar refractivity (Wildman–Crippen MR) is 321 cm³/mol. The van der Waals surface area contributed by atoms with Gasteiger partial charge in [-0.3, -0.25) is 0 Å². The molecule has 0 fully saturated rings. The first kappa shape index (κ1) is 89.5. The Labute approximate surface area is 635 Å². The fraction of sp³-hybridized carbons (Fsp3) is 0.130. The van der Waals surface area contributed by atoms with Gasteiger partial charge in [-0.05, 0) is 49.2 Å². The second-order valence-corrected chi connectivity index (χ2v) is 27.1. The van der Waals surface area contributed by atoms with E-state index in [9.17, 15) is 57.1 Å². The summed E-state index contributed by atoms with van der Waals surface area (Å²) in [5.74, 6) is -119. The topological polar surface area (TPSA) is 162 Å². The fourth-order valence-corrected chi connectivity index (χ4v) is 14.3. The number of methoxy groups -OCH3 is 2. The van der Waals surface area contributed by atoms with E-state index in [2.05, 4.69) is 28.4 Å². The number of halogens is 35. The van der Waals surface area contributed by atoms with Gasteiger partial charge >= 0.3 is 12.4 Å². The number of alkyl halides is 6. The van der Waals surface area contributed by atoms with Crippen LogP contribution >= 0.6 is 0 Å². The summed E-state index contributed by atoms with van der Waals surface area (Å²) in [5, 5.41) is 11.1. The van der Waals surface area contributed by atoms with Crippen molar-refractivity contribution >= 4 is 19.7 Å². The summed E-state index contributed by atoms with van der Waals surface area (Å²) in [7, 11) is -13.0. The molecule has 0 spiro atoms. The number of phenolic OH excluding ortho intramolecular Hbond substituents is 1. The highest BCUT2D eigenvalue weighted by molar-refractivity contribution is 7.92. The molecule has 1 N–H and O–H groups in total. The van der Waals surface area contributed by atoms with E-state index < -0.39 is 371 Å². The number of ether oxygens (including phenoxy) is 8. The Balaban J connectivity index is 1.12. The molecule has 0 aliphatic heterocycles. The van der Waals surface area contributed by atoms with E-state index in [1.807, 2.05) is 0 Å². The predicted octanol–water partition coefficient (Wildman–Crippen LogP) is 21.6. The van der Waals surface area contributed by atoms with Crippen LogP contribution in [0.4, 0.5) is 154 Å². The highest BCUT2D eigenvalue weighted by Gasteiger charge is 2.72. The molecule has 0 heterocycles. The molecular formula is C69H25F35O13S2. The highest BCUT2D eigenvalue weighted by Crippen LogP contribution is 2.59. The average Bonchev–Trinajstić information content (AvgIpc) is 0.674. The van der Waals surface area contributed by atoms with Crippen molar-refractivity contribution < 1.29 is 214 Å².